The maximum absolute atomic E-state index is 10.7. The van der Waals surface area contributed by atoms with E-state index in [0.717, 1.165) is 27.9 Å². The van der Waals surface area contributed by atoms with Crippen LogP contribution < -0.4 is 4.74 Å². The molecule has 0 bridgehead atoms. The van der Waals surface area contributed by atoms with Crippen LogP contribution in [0.15, 0.2) is 85.1 Å². The van der Waals surface area contributed by atoms with Gasteiger partial charge in [0.1, 0.15) is 5.75 Å². The molecule has 0 aliphatic carbocycles. The number of phenolic OH excluding ortho intramolecular Hbond substituents is 1. The molecule has 0 radical (unpaired) electrons. The van der Waals surface area contributed by atoms with Gasteiger partial charge in [0.05, 0.1) is 17.2 Å². The molecule has 39 heavy (non-hydrogen) atoms. The number of rotatable bonds is 5. The Kier molecular flexibility index (Phi) is 8.32. The summed E-state index contributed by atoms with van der Waals surface area (Å²) < 4.78 is 6.10. The number of ether oxygens (including phenoxy) is 1. The molecule has 200 valence electrons. The summed E-state index contributed by atoms with van der Waals surface area (Å²) in [5, 5.41) is 10.7. The van der Waals surface area contributed by atoms with Crippen molar-refractivity contribution in [2.24, 2.45) is 0 Å². The Labute approximate surface area is 244 Å². The van der Waals surface area contributed by atoms with Crippen LogP contribution >= 0.6 is 0 Å². The minimum atomic E-state index is -0.156. The molecule has 5 nitrogen and oxygen atoms in total. The number of pyridine rings is 1. The Morgan fingerprint density at radius 2 is 1.49 bits per heavy atom. The molecular formula is C33H30N3O2Pt-. The predicted molar refractivity (Wildman–Crippen MR) is 151 cm³/mol. The van der Waals surface area contributed by atoms with Crippen molar-refractivity contribution >= 4 is 0 Å². The molecule has 2 heterocycles. The molecule has 0 saturated heterocycles. The Balaban J connectivity index is 0.00000353. The van der Waals surface area contributed by atoms with Crippen LogP contribution in [-0.2, 0) is 26.5 Å². The van der Waals surface area contributed by atoms with Crippen LogP contribution in [0.4, 0.5) is 0 Å². The van der Waals surface area contributed by atoms with Crippen molar-refractivity contribution in [2.45, 2.75) is 40.0 Å². The number of aromatic hydroxyl groups is 1. The van der Waals surface area contributed by atoms with E-state index >= 15 is 0 Å². The molecule has 1 N–H and O–H groups in total. The summed E-state index contributed by atoms with van der Waals surface area (Å²) >= 11 is 0. The van der Waals surface area contributed by atoms with Gasteiger partial charge >= 0.3 is 0 Å². The molecule has 0 saturated carbocycles. The monoisotopic (exact) mass is 695 g/mol. The summed E-state index contributed by atoms with van der Waals surface area (Å²) in [7, 11) is 0. The quantitative estimate of drug-likeness (QED) is 0.189. The molecule has 0 fully saturated rings. The minimum Gasteiger partial charge on any atom is -0.507 e. The van der Waals surface area contributed by atoms with Crippen molar-refractivity contribution in [1.29, 1.82) is 0 Å². The van der Waals surface area contributed by atoms with Gasteiger partial charge in [-0.05, 0) is 54.7 Å². The Hall–Kier alpha value is -3.82. The molecule has 0 aliphatic rings. The van der Waals surface area contributed by atoms with E-state index in [1.165, 1.54) is 0 Å². The Bertz CT molecular complexity index is 1590. The van der Waals surface area contributed by atoms with Gasteiger partial charge in [-0.2, -0.15) is 0 Å². The average molecular weight is 696 g/mol. The normalized spacial score (nSPS) is 11.1. The number of para-hydroxylation sites is 1. The van der Waals surface area contributed by atoms with Gasteiger partial charge in [0.25, 0.3) is 0 Å². The fraction of sp³-hybridized carbons (Fsp3) is 0.182. The van der Waals surface area contributed by atoms with Gasteiger partial charge in [-0.15, -0.1) is 17.2 Å². The van der Waals surface area contributed by atoms with Crippen LogP contribution in [0.3, 0.4) is 0 Å². The number of nitrogens with zero attached hydrogens (tertiary/aromatic N) is 3. The second kappa shape index (κ2) is 11.5. The SMILES string of the molecule is Cc1cccc(C)c1-c1cc(-c2ccccc2O)nc(-c2[c-]c(Oc3ccccn3)cc(C(C)(C)C)c2)n1.[Pt]. The molecule has 0 spiro atoms. The summed E-state index contributed by atoms with van der Waals surface area (Å²) in [6, 6.07) is 28.3. The zero-order chi connectivity index (χ0) is 26.9. The first-order valence-corrected chi connectivity index (χ1v) is 12.6. The maximum atomic E-state index is 10.7. The Morgan fingerprint density at radius 3 is 2.15 bits per heavy atom. The third kappa shape index (κ3) is 6.26. The van der Waals surface area contributed by atoms with Crippen molar-refractivity contribution in [3.05, 3.63) is 108 Å². The van der Waals surface area contributed by atoms with Crippen LogP contribution in [-0.4, -0.2) is 20.1 Å². The van der Waals surface area contributed by atoms with Crippen molar-refractivity contribution in [1.82, 2.24) is 15.0 Å². The van der Waals surface area contributed by atoms with Gasteiger partial charge in [0.15, 0.2) is 0 Å². The minimum absolute atomic E-state index is 0. The van der Waals surface area contributed by atoms with Crippen LogP contribution in [0, 0.1) is 19.9 Å². The third-order valence-electron chi connectivity index (χ3n) is 6.45. The van der Waals surface area contributed by atoms with E-state index in [4.69, 9.17) is 14.7 Å². The fourth-order valence-electron chi connectivity index (χ4n) is 4.41. The molecule has 0 amide bonds. The molecule has 0 aliphatic heterocycles. The summed E-state index contributed by atoms with van der Waals surface area (Å²) in [5.41, 5.74) is 6.93. The molecule has 6 heteroatoms. The average Bonchev–Trinajstić information content (AvgIpc) is 2.89. The van der Waals surface area contributed by atoms with Crippen molar-refractivity contribution in [3.63, 3.8) is 0 Å². The number of benzene rings is 3. The van der Waals surface area contributed by atoms with Gasteiger partial charge in [0.2, 0.25) is 5.88 Å². The van der Waals surface area contributed by atoms with E-state index in [0.29, 0.717) is 34.3 Å². The summed E-state index contributed by atoms with van der Waals surface area (Å²) in [6.07, 6.45) is 1.69. The number of hydrogen-bond donors (Lipinski definition) is 1. The van der Waals surface area contributed by atoms with Gasteiger partial charge in [-0.25, -0.2) is 4.98 Å². The summed E-state index contributed by atoms with van der Waals surface area (Å²) in [6.45, 7) is 10.6. The van der Waals surface area contributed by atoms with Crippen LogP contribution in [0.2, 0.25) is 0 Å². The van der Waals surface area contributed by atoms with Crippen molar-refractivity contribution in [2.75, 3.05) is 0 Å². The van der Waals surface area contributed by atoms with Gasteiger partial charge in [0, 0.05) is 50.2 Å². The number of aromatic nitrogens is 3. The molecule has 5 rings (SSSR count). The fourth-order valence-corrected chi connectivity index (χ4v) is 4.41. The van der Waals surface area contributed by atoms with E-state index < -0.39 is 0 Å². The first-order chi connectivity index (χ1) is 18.2. The number of phenols is 1. The van der Waals surface area contributed by atoms with Crippen molar-refractivity contribution in [3.8, 4) is 51.3 Å². The zero-order valence-electron chi connectivity index (χ0n) is 22.6. The van der Waals surface area contributed by atoms with Crippen LogP contribution in [0.1, 0.15) is 37.5 Å². The van der Waals surface area contributed by atoms with Crippen LogP contribution in [0.5, 0.6) is 17.4 Å². The van der Waals surface area contributed by atoms with Crippen LogP contribution in [0.25, 0.3) is 33.9 Å². The Morgan fingerprint density at radius 1 is 0.795 bits per heavy atom. The van der Waals surface area contributed by atoms with E-state index in [1.807, 2.05) is 48.5 Å². The molecule has 3 aromatic carbocycles. The first-order valence-electron chi connectivity index (χ1n) is 12.6. The predicted octanol–water partition coefficient (Wildman–Crippen LogP) is 8.08. The van der Waals surface area contributed by atoms with Gasteiger partial charge in [-0.1, -0.05) is 69.3 Å². The molecule has 2 aromatic heterocycles. The van der Waals surface area contributed by atoms with E-state index in [1.54, 1.807) is 18.3 Å². The molecule has 0 unspecified atom stereocenters. The van der Waals surface area contributed by atoms with E-state index in [2.05, 4.69) is 63.9 Å². The topological polar surface area (TPSA) is 68.1 Å². The standard InChI is InChI=1S/C33H30N3O2.Pt/c1-21-11-10-12-22(2)31(21)28-20-27(26-13-6-7-14-29(26)37)35-32(36-28)23-17-24(33(3,4)5)19-25(18-23)38-30-15-8-9-16-34-30;/h6-17,19-20,37H,1-5H3;/q-1;. The summed E-state index contributed by atoms with van der Waals surface area (Å²) in [5.74, 6) is 1.69. The molecule has 5 aromatic rings. The number of aryl methyl sites for hydroxylation is 2. The number of hydrogen-bond acceptors (Lipinski definition) is 5. The maximum Gasteiger partial charge on any atom is 0.217 e. The zero-order valence-corrected chi connectivity index (χ0v) is 24.9. The van der Waals surface area contributed by atoms with Crippen molar-refractivity contribution < 1.29 is 30.9 Å². The second-order valence-electron chi connectivity index (χ2n) is 10.4. The largest absolute Gasteiger partial charge is 0.507 e. The third-order valence-corrected chi connectivity index (χ3v) is 6.45. The summed E-state index contributed by atoms with van der Waals surface area (Å²) in [4.78, 5) is 14.2. The van der Waals surface area contributed by atoms with Gasteiger partial charge < -0.3 is 9.84 Å². The van der Waals surface area contributed by atoms with E-state index in [-0.39, 0.29) is 32.2 Å². The van der Waals surface area contributed by atoms with Gasteiger partial charge in [-0.3, -0.25) is 9.97 Å². The second-order valence-corrected chi connectivity index (χ2v) is 10.4. The first kappa shape index (κ1) is 28.2. The molecular weight excluding hydrogens is 665 g/mol. The van der Waals surface area contributed by atoms with E-state index in [9.17, 15) is 5.11 Å². The smallest absolute Gasteiger partial charge is 0.217 e. The molecule has 0 atom stereocenters.